The number of epoxide rings is 1. The average molecular weight is 264 g/mol. The number of hydrogen-bond donors (Lipinski definition) is 0. The number of allylic oxidation sites excluding steroid dienone is 2. The van der Waals surface area contributed by atoms with Gasteiger partial charge in [-0.3, -0.25) is 4.79 Å². The first-order valence-electron chi connectivity index (χ1n) is 6.76. The Bertz CT molecular complexity index is 451. The molecule has 3 atom stereocenters. The van der Waals surface area contributed by atoms with Gasteiger partial charge in [0.25, 0.3) is 0 Å². The Kier molecular flexibility index (Phi) is 2.93. The first kappa shape index (κ1) is 13.0. The van der Waals surface area contributed by atoms with Crippen molar-refractivity contribution in [2.75, 3.05) is 6.79 Å². The summed E-state index contributed by atoms with van der Waals surface area (Å²) in [7, 11) is 0. The minimum absolute atomic E-state index is 0.0842. The number of fused-ring (bicyclic) bond motifs is 1. The van der Waals surface area contributed by atoms with Gasteiger partial charge < -0.3 is 14.2 Å². The lowest BCUT2D eigenvalue weighted by atomic mass is 9.78. The summed E-state index contributed by atoms with van der Waals surface area (Å²) in [6.45, 7) is 8.10. The molecular weight excluding hydrogens is 244 g/mol. The molecule has 0 N–H and O–H groups in total. The molecule has 0 saturated carbocycles. The van der Waals surface area contributed by atoms with Crippen molar-refractivity contribution in [1.82, 2.24) is 0 Å². The van der Waals surface area contributed by atoms with Gasteiger partial charge in [-0.25, -0.2) is 0 Å². The van der Waals surface area contributed by atoms with E-state index in [1.165, 1.54) is 0 Å². The number of hydrogen-bond acceptors (Lipinski definition) is 4. The minimum atomic E-state index is -0.495. The van der Waals surface area contributed by atoms with Crippen LogP contribution in [0.2, 0.25) is 0 Å². The molecule has 4 nitrogen and oxygen atoms in total. The summed E-state index contributed by atoms with van der Waals surface area (Å²) in [5, 5.41) is 0. The molecule has 0 spiro atoms. The molecule has 0 aromatic rings. The Morgan fingerprint density at radius 3 is 2.89 bits per heavy atom. The molecule has 1 aliphatic carbocycles. The summed E-state index contributed by atoms with van der Waals surface area (Å²) in [4.78, 5) is 12.0. The fourth-order valence-corrected chi connectivity index (χ4v) is 2.99. The van der Waals surface area contributed by atoms with Crippen LogP contribution in [0.5, 0.6) is 0 Å². The van der Waals surface area contributed by atoms with Gasteiger partial charge in [-0.1, -0.05) is 6.08 Å². The van der Waals surface area contributed by atoms with Crippen molar-refractivity contribution >= 4 is 5.78 Å². The van der Waals surface area contributed by atoms with E-state index < -0.39 is 5.60 Å². The first-order chi connectivity index (χ1) is 8.97. The third-order valence-corrected chi connectivity index (χ3v) is 4.32. The van der Waals surface area contributed by atoms with Gasteiger partial charge >= 0.3 is 0 Å². The molecule has 2 fully saturated rings. The molecule has 0 aromatic heterocycles. The van der Waals surface area contributed by atoms with Crippen LogP contribution in [0.1, 0.15) is 33.1 Å². The van der Waals surface area contributed by atoms with Crippen LogP contribution in [0.25, 0.3) is 0 Å². The van der Waals surface area contributed by atoms with Crippen molar-refractivity contribution in [3.05, 3.63) is 24.3 Å². The number of carbonyl (C=O) groups excluding carboxylic acids is 1. The Hall–Kier alpha value is -0.970. The molecular formula is C15H20O4. The zero-order valence-electron chi connectivity index (χ0n) is 11.5. The highest BCUT2D eigenvalue weighted by Gasteiger charge is 2.57. The van der Waals surface area contributed by atoms with Gasteiger partial charge in [-0.05, 0) is 31.9 Å². The number of ether oxygens (including phenoxy) is 3. The van der Waals surface area contributed by atoms with Crippen LogP contribution < -0.4 is 0 Å². The SMILES string of the molecule is C=CCC1=C[C@]2(C[C@H]3OC3(C)C)OCOC2CC1=O. The second-order valence-corrected chi connectivity index (χ2v) is 6.08. The van der Waals surface area contributed by atoms with Crippen LogP contribution >= 0.6 is 0 Å². The van der Waals surface area contributed by atoms with Gasteiger partial charge in [0.1, 0.15) is 18.5 Å². The topological polar surface area (TPSA) is 48.1 Å². The van der Waals surface area contributed by atoms with Gasteiger partial charge in [0.05, 0.1) is 11.7 Å². The van der Waals surface area contributed by atoms with Crippen LogP contribution in [-0.2, 0) is 19.0 Å². The van der Waals surface area contributed by atoms with E-state index in [-0.39, 0.29) is 30.4 Å². The van der Waals surface area contributed by atoms with Crippen LogP contribution in [0.4, 0.5) is 0 Å². The van der Waals surface area contributed by atoms with Gasteiger partial charge in [-0.2, -0.15) is 0 Å². The zero-order valence-corrected chi connectivity index (χ0v) is 11.5. The highest BCUT2D eigenvalue weighted by Crippen LogP contribution is 2.47. The largest absolute Gasteiger partial charge is 0.367 e. The van der Waals surface area contributed by atoms with Gasteiger partial charge in [0.2, 0.25) is 0 Å². The minimum Gasteiger partial charge on any atom is -0.367 e. The van der Waals surface area contributed by atoms with Crippen molar-refractivity contribution in [2.45, 2.75) is 56.5 Å². The molecule has 2 aliphatic heterocycles. The monoisotopic (exact) mass is 264 g/mol. The maximum Gasteiger partial charge on any atom is 0.161 e. The summed E-state index contributed by atoms with van der Waals surface area (Å²) in [6.07, 6.45) is 5.44. The van der Waals surface area contributed by atoms with Crippen molar-refractivity contribution in [1.29, 1.82) is 0 Å². The van der Waals surface area contributed by atoms with Crippen molar-refractivity contribution < 1.29 is 19.0 Å². The third kappa shape index (κ3) is 2.18. The van der Waals surface area contributed by atoms with Crippen molar-refractivity contribution in [3.8, 4) is 0 Å². The molecule has 2 saturated heterocycles. The van der Waals surface area contributed by atoms with E-state index >= 15 is 0 Å². The fraction of sp³-hybridized carbons (Fsp3) is 0.667. The van der Waals surface area contributed by atoms with Crippen LogP contribution in [0.15, 0.2) is 24.3 Å². The van der Waals surface area contributed by atoms with Crippen molar-refractivity contribution in [3.63, 3.8) is 0 Å². The lowest BCUT2D eigenvalue weighted by molar-refractivity contribution is -0.119. The maximum absolute atomic E-state index is 12.0. The standard InChI is InChI=1S/C15H20O4/c1-4-5-10-7-15(8-13-14(2,3)19-13)12(6-11(10)16)17-9-18-15/h4,7,12-13H,1,5-6,8-9H2,2-3H3/t12?,13-,15-/m1/s1. The van der Waals surface area contributed by atoms with E-state index in [1.54, 1.807) is 6.08 Å². The second-order valence-electron chi connectivity index (χ2n) is 6.08. The van der Waals surface area contributed by atoms with E-state index in [0.29, 0.717) is 12.8 Å². The van der Waals surface area contributed by atoms with Crippen LogP contribution in [-0.4, -0.2) is 36.0 Å². The summed E-state index contributed by atoms with van der Waals surface area (Å²) >= 11 is 0. The molecule has 0 bridgehead atoms. The maximum atomic E-state index is 12.0. The summed E-state index contributed by atoms with van der Waals surface area (Å²) in [6, 6.07) is 0. The summed E-state index contributed by atoms with van der Waals surface area (Å²) in [5.41, 5.74) is 0.208. The molecule has 0 radical (unpaired) electrons. The van der Waals surface area contributed by atoms with E-state index in [1.807, 2.05) is 6.08 Å². The highest BCUT2D eigenvalue weighted by molar-refractivity contribution is 5.97. The molecule has 4 heteroatoms. The fourth-order valence-electron chi connectivity index (χ4n) is 2.99. The highest BCUT2D eigenvalue weighted by atomic mass is 16.7. The summed E-state index contributed by atoms with van der Waals surface area (Å²) in [5.74, 6) is 0.141. The Morgan fingerprint density at radius 2 is 2.26 bits per heavy atom. The van der Waals surface area contributed by atoms with Crippen LogP contribution in [0, 0.1) is 0 Å². The number of Topliss-reactive ketones (excluding diaryl/α,β-unsaturated/α-hetero) is 1. The number of ketones is 1. The van der Waals surface area contributed by atoms with Gasteiger partial charge in [0.15, 0.2) is 5.78 Å². The van der Waals surface area contributed by atoms with E-state index in [2.05, 4.69) is 20.4 Å². The molecule has 3 aliphatic rings. The molecule has 0 amide bonds. The molecule has 104 valence electrons. The first-order valence-corrected chi connectivity index (χ1v) is 6.76. The predicted molar refractivity (Wildman–Crippen MR) is 69.6 cm³/mol. The van der Waals surface area contributed by atoms with Crippen LogP contribution in [0.3, 0.4) is 0 Å². The van der Waals surface area contributed by atoms with E-state index in [0.717, 1.165) is 12.0 Å². The van der Waals surface area contributed by atoms with Crippen molar-refractivity contribution in [2.24, 2.45) is 0 Å². The Morgan fingerprint density at radius 1 is 1.53 bits per heavy atom. The smallest absolute Gasteiger partial charge is 0.161 e. The quantitative estimate of drug-likeness (QED) is 0.576. The zero-order chi connectivity index (χ0) is 13.7. The Labute approximate surface area is 113 Å². The molecule has 2 heterocycles. The number of rotatable bonds is 4. The summed E-state index contributed by atoms with van der Waals surface area (Å²) < 4.78 is 17.1. The normalized spacial score (nSPS) is 39.7. The lowest BCUT2D eigenvalue weighted by Crippen LogP contribution is -2.44. The molecule has 1 unspecified atom stereocenters. The van der Waals surface area contributed by atoms with E-state index in [9.17, 15) is 4.79 Å². The Balaban J connectivity index is 1.86. The van der Waals surface area contributed by atoms with Gasteiger partial charge in [-0.15, -0.1) is 6.58 Å². The molecule has 19 heavy (non-hydrogen) atoms. The van der Waals surface area contributed by atoms with Gasteiger partial charge in [0, 0.05) is 12.8 Å². The third-order valence-electron chi connectivity index (χ3n) is 4.32. The van der Waals surface area contributed by atoms with E-state index in [4.69, 9.17) is 14.2 Å². The average Bonchev–Trinajstić information content (AvgIpc) is 2.74. The second kappa shape index (κ2) is 4.27. The molecule has 3 rings (SSSR count). The lowest BCUT2D eigenvalue weighted by Gasteiger charge is -2.33. The molecule has 0 aromatic carbocycles. The predicted octanol–water partition coefficient (Wildman–Crippen LogP) is 2.14. The number of carbonyl (C=O) groups is 1.